The van der Waals surface area contributed by atoms with Crippen molar-refractivity contribution in [3.8, 4) is 5.75 Å². The molecule has 0 saturated heterocycles. The molecule has 0 saturated carbocycles. The van der Waals surface area contributed by atoms with Gasteiger partial charge in [-0.05, 0) is 62.3 Å². The van der Waals surface area contributed by atoms with E-state index in [-0.39, 0.29) is 0 Å². The van der Waals surface area contributed by atoms with Crippen LogP contribution in [0.1, 0.15) is 20.3 Å². The van der Waals surface area contributed by atoms with Gasteiger partial charge in [-0.1, -0.05) is 24.3 Å². The van der Waals surface area contributed by atoms with Gasteiger partial charge in [-0.25, -0.2) is 5.43 Å². The monoisotopic (exact) mass is 376 g/mol. The van der Waals surface area contributed by atoms with E-state index < -0.39 is 0 Å². The fourth-order valence-corrected chi connectivity index (χ4v) is 3.01. The van der Waals surface area contributed by atoms with Gasteiger partial charge >= 0.3 is 0 Å². The molecule has 1 aliphatic heterocycles. The van der Waals surface area contributed by atoms with Gasteiger partial charge in [0.2, 0.25) is 0 Å². The zero-order valence-electron chi connectivity index (χ0n) is 16.7. The average Bonchev–Trinajstić information content (AvgIpc) is 2.92. The van der Waals surface area contributed by atoms with Crippen LogP contribution in [0.2, 0.25) is 0 Å². The van der Waals surface area contributed by atoms with E-state index in [1.165, 1.54) is 5.57 Å². The van der Waals surface area contributed by atoms with E-state index in [1.54, 1.807) is 0 Å². The summed E-state index contributed by atoms with van der Waals surface area (Å²) < 4.78 is 5.95. The quantitative estimate of drug-likeness (QED) is 0.699. The van der Waals surface area contributed by atoms with E-state index in [2.05, 4.69) is 54.2 Å². The minimum atomic E-state index is 0.755. The summed E-state index contributed by atoms with van der Waals surface area (Å²) in [5.74, 6) is 1.69. The number of nitrogens with one attached hydrogen (secondary N) is 3. The first-order chi connectivity index (χ1) is 13.7. The molecule has 2 aliphatic rings. The van der Waals surface area contributed by atoms with Crippen molar-refractivity contribution >= 4 is 0 Å². The van der Waals surface area contributed by atoms with Crippen LogP contribution in [0, 0.1) is 0 Å². The SMILES string of the molecule is CN/C=C/N1NCC=C(NC2=CCC=C(Oc3ccccc3)C=C2)C1=C(C)C. The van der Waals surface area contributed by atoms with Crippen molar-refractivity contribution in [3.63, 3.8) is 0 Å². The van der Waals surface area contributed by atoms with Crippen LogP contribution in [-0.4, -0.2) is 18.6 Å². The van der Waals surface area contributed by atoms with E-state index in [0.717, 1.165) is 41.6 Å². The van der Waals surface area contributed by atoms with Crippen LogP contribution >= 0.6 is 0 Å². The van der Waals surface area contributed by atoms with Crippen LogP contribution in [0.25, 0.3) is 0 Å². The van der Waals surface area contributed by atoms with Gasteiger partial charge in [-0.15, -0.1) is 0 Å². The Balaban J connectivity index is 1.70. The van der Waals surface area contributed by atoms with Crippen molar-refractivity contribution in [2.75, 3.05) is 13.6 Å². The first kappa shape index (κ1) is 19.6. The molecule has 3 N–H and O–H groups in total. The van der Waals surface area contributed by atoms with Gasteiger partial charge in [0.05, 0.1) is 11.4 Å². The van der Waals surface area contributed by atoms with Crippen molar-refractivity contribution in [1.82, 2.24) is 21.1 Å². The van der Waals surface area contributed by atoms with E-state index in [4.69, 9.17) is 4.74 Å². The van der Waals surface area contributed by atoms with Gasteiger partial charge in [0.15, 0.2) is 0 Å². The van der Waals surface area contributed by atoms with Crippen LogP contribution in [0.5, 0.6) is 5.75 Å². The number of hydrogen-bond donors (Lipinski definition) is 3. The Hall–Kier alpha value is -3.18. The number of allylic oxidation sites excluding steroid dienone is 5. The Morgan fingerprint density at radius 1 is 1.11 bits per heavy atom. The third kappa shape index (κ3) is 5.18. The largest absolute Gasteiger partial charge is 0.458 e. The summed E-state index contributed by atoms with van der Waals surface area (Å²) >= 11 is 0. The molecule has 0 spiro atoms. The summed E-state index contributed by atoms with van der Waals surface area (Å²) in [4.78, 5) is 0. The maximum Gasteiger partial charge on any atom is 0.127 e. The molecule has 5 heteroatoms. The van der Waals surface area contributed by atoms with Crippen molar-refractivity contribution in [3.05, 3.63) is 102 Å². The van der Waals surface area contributed by atoms with E-state index in [9.17, 15) is 0 Å². The van der Waals surface area contributed by atoms with Crippen LogP contribution in [0.3, 0.4) is 0 Å². The lowest BCUT2D eigenvalue weighted by atomic mass is 10.1. The third-order valence-corrected chi connectivity index (χ3v) is 4.27. The van der Waals surface area contributed by atoms with Gasteiger partial charge < -0.3 is 15.4 Å². The van der Waals surface area contributed by atoms with Crippen molar-refractivity contribution in [1.29, 1.82) is 0 Å². The standard InChI is InChI=1S/C23H28N4O/c1-18(2)23-22(14-15-25-27(23)17-16-24-3)26-19-8-7-11-21(13-12-19)28-20-9-5-4-6-10-20/h4-6,8-14,16-17,24-26H,7,15H2,1-3H3/b17-16+. The van der Waals surface area contributed by atoms with Gasteiger partial charge in [0.25, 0.3) is 0 Å². The van der Waals surface area contributed by atoms with Crippen LogP contribution in [0.4, 0.5) is 0 Å². The van der Waals surface area contributed by atoms with Gasteiger partial charge in [0, 0.05) is 31.7 Å². The highest BCUT2D eigenvalue weighted by Crippen LogP contribution is 2.22. The topological polar surface area (TPSA) is 48.6 Å². The molecule has 1 heterocycles. The maximum absolute atomic E-state index is 5.95. The number of para-hydroxylation sites is 1. The highest BCUT2D eigenvalue weighted by atomic mass is 16.5. The second kappa shape index (κ2) is 9.67. The van der Waals surface area contributed by atoms with Crippen LogP contribution < -0.4 is 20.8 Å². The zero-order chi connectivity index (χ0) is 19.8. The fourth-order valence-electron chi connectivity index (χ4n) is 3.01. The normalized spacial score (nSPS) is 16.9. The summed E-state index contributed by atoms with van der Waals surface area (Å²) in [6.45, 7) is 4.98. The second-order valence-electron chi connectivity index (χ2n) is 6.68. The Labute approximate surface area is 167 Å². The lowest BCUT2D eigenvalue weighted by molar-refractivity contribution is 0.340. The number of benzene rings is 1. The molecule has 0 aromatic heterocycles. The summed E-state index contributed by atoms with van der Waals surface area (Å²) in [5, 5.41) is 8.65. The average molecular weight is 377 g/mol. The Morgan fingerprint density at radius 2 is 1.93 bits per heavy atom. The highest BCUT2D eigenvalue weighted by Gasteiger charge is 2.18. The minimum Gasteiger partial charge on any atom is -0.458 e. The molecule has 0 amide bonds. The Morgan fingerprint density at radius 3 is 2.68 bits per heavy atom. The van der Waals surface area contributed by atoms with Crippen molar-refractivity contribution in [2.45, 2.75) is 20.3 Å². The fraction of sp³-hybridized carbons (Fsp3) is 0.217. The van der Waals surface area contributed by atoms with E-state index in [1.807, 2.05) is 60.9 Å². The van der Waals surface area contributed by atoms with Gasteiger partial charge in [0.1, 0.15) is 11.5 Å². The highest BCUT2D eigenvalue weighted by molar-refractivity contribution is 5.40. The predicted octanol–water partition coefficient (Wildman–Crippen LogP) is 4.07. The molecule has 0 bridgehead atoms. The smallest absolute Gasteiger partial charge is 0.127 e. The second-order valence-corrected chi connectivity index (χ2v) is 6.68. The number of hydrazine groups is 1. The summed E-state index contributed by atoms with van der Waals surface area (Å²) in [5.41, 5.74) is 7.83. The predicted molar refractivity (Wildman–Crippen MR) is 115 cm³/mol. The molecule has 0 atom stereocenters. The molecule has 0 radical (unpaired) electrons. The number of ether oxygens (including phenoxy) is 1. The number of rotatable bonds is 6. The molecule has 0 fully saturated rings. The molecular formula is C23H28N4O. The first-order valence-electron chi connectivity index (χ1n) is 9.50. The summed E-state index contributed by atoms with van der Waals surface area (Å²) in [6, 6.07) is 9.85. The molecule has 1 aromatic carbocycles. The lowest BCUT2D eigenvalue weighted by Gasteiger charge is -2.32. The minimum absolute atomic E-state index is 0.755. The summed E-state index contributed by atoms with van der Waals surface area (Å²) in [6.07, 6.45) is 15.2. The van der Waals surface area contributed by atoms with Crippen molar-refractivity contribution in [2.24, 2.45) is 0 Å². The maximum atomic E-state index is 5.95. The molecular weight excluding hydrogens is 348 g/mol. The third-order valence-electron chi connectivity index (χ3n) is 4.27. The van der Waals surface area contributed by atoms with E-state index >= 15 is 0 Å². The molecule has 3 rings (SSSR count). The van der Waals surface area contributed by atoms with Gasteiger partial charge in [-0.3, -0.25) is 5.01 Å². The zero-order valence-corrected chi connectivity index (χ0v) is 16.7. The lowest BCUT2D eigenvalue weighted by Crippen LogP contribution is -2.40. The Kier molecular flexibility index (Phi) is 6.76. The number of hydrogen-bond acceptors (Lipinski definition) is 5. The number of nitrogens with zero attached hydrogens (tertiary/aromatic N) is 1. The molecule has 5 nitrogen and oxygen atoms in total. The van der Waals surface area contributed by atoms with E-state index in [0.29, 0.717) is 0 Å². The molecule has 146 valence electrons. The molecule has 0 unspecified atom stereocenters. The van der Waals surface area contributed by atoms with Crippen molar-refractivity contribution < 1.29 is 4.74 Å². The molecule has 28 heavy (non-hydrogen) atoms. The van der Waals surface area contributed by atoms with Gasteiger partial charge in [-0.2, -0.15) is 0 Å². The van der Waals surface area contributed by atoms with Crippen LogP contribution in [-0.2, 0) is 0 Å². The first-order valence-corrected chi connectivity index (χ1v) is 9.50. The van der Waals surface area contributed by atoms with Crippen LogP contribution in [0.15, 0.2) is 102 Å². The Bertz CT molecular complexity index is 856. The summed E-state index contributed by atoms with van der Waals surface area (Å²) in [7, 11) is 1.89. The molecule has 1 aromatic rings. The molecule has 1 aliphatic carbocycles.